The minimum Gasteiger partial charge on any atom is -0.172 e. The van der Waals surface area contributed by atoms with Crippen LogP contribution in [0.4, 0.5) is 0 Å². The van der Waals surface area contributed by atoms with Gasteiger partial charge in [0.15, 0.2) is 7.38 Å². The third-order valence-electron chi connectivity index (χ3n) is 1.86. The molecule has 0 aliphatic carbocycles. The first-order chi connectivity index (χ1) is 4.10. The Balaban J connectivity index is 2.41. The van der Waals surface area contributed by atoms with Gasteiger partial charge in [0.25, 0.3) is 0 Å². The standard InChI is InChI=1S/C5H12Cl2Si2/c1-9(7)4-2-3-8(6)5-9/h8H,2-5H2,1H3. The highest BCUT2D eigenvalue weighted by molar-refractivity contribution is 7.27. The summed E-state index contributed by atoms with van der Waals surface area (Å²) in [5.41, 5.74) is 1.25. The van der Waals surface area contributed by atoms with Gasteiger partial charge in [0, 0.05) is 0 Å². The SMILES string of the molecule is C[Si]1(Cl)CCC[SiH](Cl)C1. The van der Waals surface area contributed by atoms with Gasteiger partial charge in [-0.05, 0) is 17.8 Å². The summed E-state index contributed by atoms with van der Waals surface area (Å²) in [5, 5.41) is 0. The van der Waals surface area contributed by atoms with Gasteiger partial charge in [0.1, 0.15) is 8.11 Å². The van der Waals surface area contributed by atoms with Gasteiger partial charge in [-0.2, -0.15) is 22.2 Å². The molecule has 0 bridgehead atoms. The minimum absolute atomic E-state index is 0.818. The molecular weight excluding hydrogens is 187 g/mol. The summed E-state index contributed by atoms with van der Waals surface area (Å²) in [6.07, 6.45) is 1.31. The van der Waals surface area contributed by atoms with E-state index in [1.165, 1.54) is 24.2 Å². The molecule has 0 radical (unpaired) electrons. The summed E-state index contributed by atoms with van der Waals surface area (Å²) in [4.78, 5) is 0. The van der Waals surface area contributed by atoms with Gasteiger partial charge in [-0.3, -0.25) is 0 Å². The molecule has 1 aliphatic heterocycles. The lowest BCUT2D eigenvalue weighted by atomic mass is 10.6. The monoisotopic (exact) mass is 198 g/mol. The van der Waals surface area contributed by atoms with Crippen LogP contribution in [0.5, 0.6) is 0 Å². The zero-order valence-electron chi connectivity index (χ0n) is 5.66. The Bertz CT molecular complexity index is 105. The van der Waals surface area contributed by atoms with Crippen molar-refractivity contribution in [3.63, 3.8) is 0 Å². The summed E-state index contributed by atoms with van der Waals surface area (Å²) in [5.74, 6) is 0. The van der Waals surface area contributed by atoms with Crippen molar-refractivity contribution >= 4 is 37.6 Å². The molecule has 0 N–H and O–H groups in total. The van der Waals surface area contributed by atoms with Gasteiger partial charge in [0.2, 0.25) is 0 Å². The van der Waals surface area contributed by atoms with Crippen LogP contribution in [0.2, 0.25) is 24.3 Å². The normalized spacial score (nSPS) is 45.0. The average Bonchev–Trinajstić information content (AvgIpc) is 1.60. The Labute approximate surface area is 68.6 Å². The van der Waals surface area contributed by atoms with Crippen molar-refractivity contribution in [2.75, 3.05) is 0 Å². The van der Waals surface area contributed by atoms with Crippen molar-refractivity contribution in [3.05, 3.63) is 0 Å². The smallest absolute Gasteiger partial charge is 0.151 e. The van der Waals surface area contributed by atoms with Crippen molar-refractivity contribution in [1.82, 2.24) is 0 Å². The molecule has 1 rings (SSSR count). The van der Waals surface area contributed by atoms with Crippen molar-refractivity contribution in [3.8, 4) is 0 Å². The highest BCUT2D eigenvalue weighted by Crippen LogP contribution is 2.32. The zero-order valence-corrected chi connectivity index (χ0v) is 9.33. The van der Waals surface area contributed by atoms with Crippen molar-refractivity contribution < 1.29 is 0 Å². The fourth-order valence-corrected chi connectivity index (χ4v) is 15.0. The largest absolute Gasteiger partial charge is 0.172 e. The highest BCUT2D eigenvalue weighted by Gasteiger charge is 2.32. The van der Waals surface area contributed by atoms with Crippen LogP contribution >= 0.6 is 22.2 Å². The van der Waals surface area contributed by atoms with E-state index in [2.05, 4.69) is 6.55 Å². The fourth-order valence-electron chi connectivity index (χ4n) is 1.36. The molecule has 0 aromatic rings. The van der Waals surface area contributed by atoms with Crippen LogP contribution in [0.25, 0.3) is 0 Å². The predicted molar refractivity (Wildman–Crippen MR) is 49.5 cm³/mol. The van der Waals surface area contributed by atoms with Crippen molar-refractivity contribution in [2.45, 2.75) is 30.7 Å². The second-order valence-electron chi connectivity index (χ2n) is 3.11. The van der Waals surface area contributed by atoms with E-state index in [1.807, 2.05) is 0 Å². The molecule has 2 atom stereocenters. The molecule has 0 spiro atoms. The maximum Gasteiger partial charge on any atom is 0.151 e. The number of hydrogen-bond donors (Lipinski definition) is 0. The van der Waals surface area contributed by atoms with Gasteiger partial charge >= 0.3 is 0 Å². The van der Waals surface area contributed by atoms with Crippen LogP contribution in [0.1, 0.15) is 6.42 Å². The molecule has 9 heavy (non-hydrogen) atoms. The van der Waals surface area contributed by atoms with Gasteiger partial charge in [0.05, 0.1) is 0 Å². The van der Waals surface area contributed by atoms with Crippen LogP contribution in [-0.4, -0.2) is 15.5 Å². The molecule has 1 heterocycles. The van der Waals surface area contributed by atoms with Crippen LogP contribution in [0, 0.1) is 0 Å². The third kappa shape index (κ3) is 2.62. The molecule has 54 valence electrons. The summed E-state index contributed by atoms with van der Waals surface area (Å²) >= 11 is 12.3. The molecular formula is C5H12Cl2Si2. The lowest BCUT2D eigenvalue weighted by molar-refractivity contribution is 1.02. The Morgan fingerprint density at radius 1 is 1.56 bits per heavy atom. The molecule has 1 saturated heterocycles. The first-order valence-corrected chi connectivity index (χ1v) is 10.7. The first-order valence-electron chi connectivity index (χ1n) is 3.43. The number of halogens is 2. The summed E-state index contributed by atoms with van der Waals surface area (Å²) in [7, 11) is -2.07. The number of hydrogen-bond acceptors (Lipinski definition) is 0. The van der Waals surface area contributed by atoms with E-state index in [0.717, 1.165) is 0 Å². The zero-order chi connectivity index (χ0) is 6.91. The Hall–Kier alpha value is 1.01. The lowest BCUT2D eigenvalue weighted by Gasteiger charge is -2.26. The van der Waals surface area contributed by atoms with Crippen LogP contribution < -0.4 is 0 Å². The maximum atomic E-state index is 6.26. The molecule has 1 fully saturated rings. The van der Waals surface area contributed by atoms with Gasteiger partial charge in [-0.25, -0.2) is 0 Å². The van der Waals surface area contributed by atoms with Gasteiger partial charge in [-0.1, -0.05) is 13.0 Å². The van der Waals surface area contributed by atoms with E-state index >= 15 is 0 Å². The van der Waals surface area contributed by atoms with Crippen molar-refractivity contribution in [1.29, 1.82) is 0 Å². The van der Waals surface area contributed by atoms with E-state index in [9.17, 15) is 0 Å². The first kappa shape index (κ1) is 8.11. The quantitative estimate of drug-likeness (QED) is 0.415. The summed E-state index contributed by atoms with van der Waals surface area (Å²) in [6, 6.07) is 2.61. The van der Waals surface area contributed by atoms with Crippen LogP contribution in [0.3, 0.4) is 0 Å². The van der Waals surface area contributed by atoms with E-state index in [-0.39, 0.29) is 0 Å². The van der Waals surface area contributed by atoms with Crippen LogP contribution in [-0.2, 0) is 0 Å². The summed E-state index contributed by atoms with van der Waals surface area (Å²) < 4.78 is 0. The minimum atomic E-state index is -1.25. The lowest BCUT2D eigenvalue weighted by Crippen LogP contribution is -2.32. The van der Waals surface area contributed by atoms with E-state index in [4.69, 9.17) is 22.2 Å². The van der Waals surface area contributed by atoms with Gasteiger partial charge in [-0.15, -0.1) is 0 Å². The molecule has 0 saturated carbocycles. The second-order valence-corrected chi connectivity index (χ2v) is 14.4. The average molecular weight is 199 g/mol. The molecule has 0 aromatic carbocycles. The Morgan fingerprint density at radius 2 is 2.22 bits per heavy atom. The van der Waals surface area contributed by atoms with Gasteiger partial charge < -0.3 is 0 Å². The molecule has 2 unspecified atom stereocenters. The second kappa shape index (κ2) is 2.95. The number of rotatable bonds is 0. The molecule has 4 heteroatoms. The Morgan fingerprint density at radius 3 is 2.56 bits per heavy atom. The third-order valence-corrected chi connectivity index (χ3v) is 13.5. The van der Waals surface area contributed by atoms with E-state index in [0.29, 0.717) is 0 Å². The molecule has 1 aliphatic rings. The molecule has 0 amide bonds. The topological polar surface area (TPSA) is 0 Å². The highest BCUT2D eigenvalue weighted by atomic mass is 35.6. The van der Waals surface area contributed by atoms with E-state index in [1.54, 1.807) is 0 Å². The van der Waals surface area contributed by atoms with E-state index < -0.39 is 15.5 Å². The predicted octanol–water partition coefficient (Wildman–Crippen LogP) is 2.71. The van der Waals surface area contributed by atoms with Crippen LogP contribution in [0.15, 0.2) is 0 Å². The van der Waals surface area contributed by atoms with Crippen molar-refractivity contribution in [2.24, 2.45) is 0 Å². The molecule has 0 aromatic heterocycles. The fraction of sp³-hybridized carbons (Fsp3) is 1.00. The molecule has 0 nitrogen and oxygen atoms in total. The Kier molecular flexibility index (Phi) is 2.66. The summed E-state index contributed by atoms with van der Waals surface area (Å²) in [6.45, 7) is 2.25. The maximum absolute atomic E-state index is 6.26.